The Hall–Kier alpha value is -6.30. The zero-order valence-corrected chi connectivity index (χ0v) is 26.8. The van der Waals surface area contributed by atoms with Gasteiger partial charge in [0.05, 0.1) is 21.5 Å². The normalized spacial score (nSPS) is 12.1. The maximum Gasteiger partial charge on any atom is 0.164 e. The zero-order chi connectivity index (χ0) is 32.1. The fraction of sp³-hybridized carbons (Fsp3) is 0. The summed E-state index contributed by atoms with van der Waals surface area (Å²) in [5, 5.41) is 7.67. The second-order valence-corrected chi connectivity index (χ2v) is 13.5. The number of thiophene rings is 1. The Morgan fingerprint density at radius 1 is 0.429 bits per heavy atom. The van der Waals surface area contributed by atoms with Crippen molar-refractivity contribution in [3.05, 3.63) is 146 Å². The second kappa shape index (κ2) is 10.1. The number of aromatic nitrogens is 2. The van der Waals surface area contributed by atoms with Crippen molar-refractivity contribution in [3.63, 3.8) is 0 Å². The van der Waals surface area contributed by atoms with Gasteiger partial charge in [0.15, 0.2) is 5.82 Å². The maximum atomic E-state index is 6.89. The average molecular weight is 645 g/mol. The molecule has 7 aromatic carbocycles. The van der Waals surface area contributed by atoms with E-state index in [1.807, 2.05) is 18.2 Å². The summed E-state index contributed by atoms with van der Waals surface area (Å²) in [6, 6.07) is 50.7. The number of hydrogen-bond acceptors (Lipinski definition) is 5. The van der Waals surface area contributed by atoms with Gasteiger partial charge in [-0.25, -0.2) is 9.97 Å². The molecule has 0 aliphatic carbocycles. The van der Waals surface area contributed by atoms with Crippen LogP contribution in [0.4, 0.5) is 0 Å². The van der Waals surface area contributed by atoms with Crippen molar-refractivity contribution < 1.29 is 8.83 Å². The van der Waals surface area contributed by atoms with E-state index >= 15 is 0 Å². The van der Waals surface area contributed by atoms with Gasteiger partial charge in [0.25, 0.3) is 0 Å². The molecule has 4 heterocycles. The van der Waals surface area contributed by atoms with Crippen LogP contribution in [-0.4, -0.2) is 9.97 Å². The Morgan fingerprint density at radius 2 is 1.14 bits per heavy atom. The summed E-state index contributed by atoms with van der Waals surface area (Å²) in [4.78, 5) is 10.5. The molecule has 0 fully saturated rings. The van der Waals surface area contributed by atoms with E-state index in [-0.39, 0.29) is 0 Å². The molecule has 0 N–H and O–H groups in total. The molecule has 228 valence electrons. The van der Waals surface area contributed by atoms with Crippen LogP contribution >= 0.6 is 11.3 Å². The minimum absolute atomic E-state index is 0.654. The third kappa shape index (κ3) is 3.91. The fourth-order valence-electron chi connectivity index (χ4n) is 7.43. The van der Waals surface area contributed by atoms with E-state index in [1.165, 1.54) is 4.70 Å². The average Bonchev–Trinajstić information content (AvgIpc) is 3.85. The van der Waals surface area contributed by atoms with E-state index in [0.717, 1.165) is 98.2 Å². The van der Waals surface area contributed by atoms with Gasteiger partial charge in [-0.15, -0.1) is 11.3 Å². The topological polar surface area (TPSA) is 52.1 Å². The Labute approximate surface area is 283 Å². The molecule has 11 rings (SSSR count). The molecule has 0 spiro atoms. The molecule has 11 aromatic rings. The van der Waals surface area contributed by atoms with Crippen LogP contribution in [-0.2, 0) is 0 Å². The molecule has 49 heavy (non-hydrogen) atoms. The molecule has 0 unspecified atom stereocenters. The minimum Gasteiger partial charge on any atom is -0.456 e. The number of furan rings is 2. The van der Waals surface area contributed by atoms with Gasteiger partial charge in [-0.05, 0) is 52.9 Å². The van der Waals surface area contributed by atoms with Crippen molar-refractivity contribution in [2.24, 2.45) is 0 Å². The maximum absolute atomic E-state index is 6.89. The van der Waals surface area contributed by atoms with Crippen molar-refractivity contribution in [2.45, 2.75) is 0 Å². The highest BCUT2D eigenvalue weighted by atomic mass is 32.1. The van der Waals surface area contributed by atoms with E-state index < -0.39 is 0 Å². The number of hydrogen-bond donors (Lipinski definition) is 0. The standard InChI is InChI=1S/C44H24N2O2S/c1-2-11-25(12-3-1)39-43-40(31-16-7-9-20-38(31)49-43)46-44(45-39)32-18-10-17-30-35-24-33(27-13-4-5-15-29(27)42(35)48-41(30)32)26-21-22-37-34(23-26)28-14-6-8-19-36(28)47-37/h1-24H. The van der Waals surface area contributed by atoms with Crippen molar-refractivity contribution in [2.75, 3.05) is 0 Å². The van der Waals surface area contributed by atoms with Gasteiger partial charge in [0.1, 0.15) is 22.3 Å². The van der Waals surface area contributed by atoms with Crippen LogP contribution in [0.3, 0.4) is 0 Å². The fourth-order valence-corrected chi connectivity index (χ4v) is 8.59. The first-order valence-electron chi connectivity index (χ1n) is 16.3. The van der Waals surface area contributed by atoms with Crippen molar-refractivity contribution in [3.8, 4) is 33.8 Å². The predicted molar refractivity (Wildman–Crippen MR) is 203 cm³/mol. The van der Waals surface area contributed by atoms with Gasteiger partial charge < -0.3 is 8.83 Å². The Balaban J connectivity index is 1.19. The second-order valence-electron chi connectivity index (χ2n) is 12.5. The van der Waals surface area contributed by atoms with Gasteiger partial charge in [-0.2, -0.15) is 0 Å². The van der Waals surface area contributed by atoms with Crippen LogP contribution in [0.25, 0.3) is 109 Å². The first kappa shape index (κ1) is 26.7. The third-order valence-corrected chi connectivity index (χ3v) is 10.9. The first-order chi connectivity index (χ1) is 24.3. The summed E-state index contributed by atoms with van der Waals surface area (Å²) in [5.74, 6) is 0.654. The highest BCUT2D eigenvalue weighted by Crippen LogP contribution is 2.44. The van der Waals surface area contributed by atoms with Crippen LogP contribution in [0.15, 0.2) is 154 Å². The number of para-hydroxylation sites is 2. The lowest BCUT2D eigenvalue weighted by Crippen LogP contribution is -1.93. The number of benzene rings is 7. The van der Waals surface area contributed by atoms with Gasteiger partial charge in [-0.1, -0.05) is 109 Å². The molecule has 0 saturated carbocycles. The minimum atomic E-state index is 0.654. The summed E-state index contributed by atoms with van der Waals surface area (Å²) in [7, 11) is 0. The van der Waals surface area contributed by atoms with Crippen LogP contribution in [0.2, 0.25) is 0 Å². The molecule has 0 aliphatic rings. The van der Waals surface area contributed by atoms with E-state index in [4.69, 9.17) is 18.8 Å². The summed E-state index contributed by atoms with van der Waals surface area (Å²) < 4.78 is 15.3. The van der Waals surface area contributed by atoms with Gasteiger partial charge in [0, 0.05) is 42.6 Å². The number of fused-ring (bicyclic) bond motifs is 11. The molecule has 0 atom stereocenters. The lowest BCUT2D eigenvalue weighted by molar-refractivity contribution is 0.669. The lowest BCUT2D eigenvalue weighted by atomic mass is 9.94. The highest BCUT2D eigenvalue weighted by Gasteiger charge is 2.21. The largest absolute Gasteiger partial charge is 0.456 e. The van der Waals surface area contributed by atoms with Crippen LogP contribution in [0, 0.1) is 0 Å². The van der Waals surface area contributed by atoms with Gasteiger partial charge >= 0.3 is 0 Å². The van der Waals surface area contributed by atoms with Crippen molar-refractivity contribution >= 4 is 86.3 Å². The zero-order valence-electron chi connectivity index (χ0n) is 26.0. The first-order valence-corrected chi connectivity index (χ1v) is 17.1. The lowest BCUT2D eigenvalue weighted by Gasteiger charge is -2.08. The van der Waals surface area contributed by atoms with Crippen LogP contribution in [0.1, 0.15) is 0 Å². The summed E-state index contributed by atoms with van der Waals surface area (Å²) >= 11 is 1.74. The van der Waals surface area contributed by atoms with E-state index in [2.05, 4.69) is 127 Å². The van der Waals surface area contributed by atoms with E-state index in [0.29, 0.717) is 5.82 Å². The monoisotopic (exact) mass is 644 g/mol. The molecular weight excluding hydrogens is 621 g/mol. The van der Waals surface area contributed by atoms with Crippen LogP contribution < -0.4 is 0 Å². The van der Waals surface area contributed by atoms with Crippen molar-refractivity contribution in [1.29, 1.82) is 0 Å². The smallest absolute Gasteiger partial charge is 0.164 e. The molecular formula is C44H24N2O2S. The van der Waals surface area contributed by atoms with Gasteiger partial charge in [0.2, 0.25) is 0 Å². The Bertz CT molecular complexity index is 3110. The number of nitrogens with zero attached hydrogens (tertiary/aromatic N) is 2. The summed E-state index contributed by atoms with van der Waals surface area (Å²) in [6.45, 7) is 0. The molecule has 0 radical (unpaired) electrons. The Morgan fingerprint density at radius 3 is 2.04 bits per heavy atom. The van der Waals surface area contributed by atoms with Gasteiger partial charge in [-0.3, -0.25) is 0 Å². The summed E-state index contributed by atoms with van der Waals surface area (Å²) in [6.07, 6.45) is 0. The number of rotatable bonds is 3. The van der Waals surface area contributed by atoms with Crippen molar-refractivity contribution in [1.82, 2.24) is 9.97 Å². The molecule has 0 bridgehead atoms. The molecule has 4 nitrogen and oxygen atoms in total. The Kier molecular flexibility index (Phi) is 5.51. The molecule has 0 aliphatic heterocycles. The van der Waals surface area contributed by atoms with Crippen LogP contribution in [0.5, 0.6) is 0 Å². The summed E-state index contributed by atoms with van der Waals surface area (Å²) in [5.41, 5.74) is 9.56. The van der Waals surface area contributed by atoms with E-state index in [9.17, 15) is 0 Å². The molecule has 0 amide bonds. The predicted octanol–water partition coefficient (Wildman–Crippen LogP) is 12.8. The molecule has 4 aromatic heterocycles. The molecule has 0 saturated heterocycles. The third-order valence-electron chi connectivity index (χ3n) is 9.70. The quantitative estimate of drug-likeness (QED) is 0.192. The van der Waals surface area contributed by atoms with E-state index in [1.54, 1.807) is 11.3 Å². The SMILES string of the molecule is c1ccc(-c2nc(-c3cccc4c3oc3c5ccccc5c(-c5ccc6oc7ccccc7c6c5)cc43)nc3c2sc2ccccc23)cc1. The molecule has 5 heteroatoms. The highest BCUT2D eigenvalue weighted by molar-refractivity contribution is 7.26.